The highest BCUT2D eigenvalue weighted by atomic mass is 16.6. The van der Waals surface area contributed by atoms with Crippen LogP contribution in [0.3, 0.4) is 0 Å². The van der Waals surface area contributed by atoms with Crippen molar-refractivity contribution < 1.29 is 33.8 Å². The molecule has 0 heterocycles. The van der Waals surface area contributed by atoms with Crippen molar-refractivity contribution >= 4 is 23.9 Å². The number of carbonyl (C=O) groups excluding carboxylic acids is 4. The van der Waals surface area contributed by atoms with Gasteiger partial charge >= 0.3 is 12.1 Å². The lowest BCUT2D eigenvalue weighted by Gasteiger charge is -2.24. The number of ether oxygens (including phenoxy) is 2. The van der Waals surface area contributed by atoms with Gasteiger partial charge < -0.3 is 30.5 Å². The molecule has 0 unspecified atom stereocenters. The predicted octanol–water partition coefficient (Wildman–Crippen LogP) is 6.56. The lowest BCUT2D eigenvalue weighted by molar-refractivity contribution is -0.152. The molecule has 4 atom stereocenters. The van der Waals surface area contributed by atoms with Gasteiger partial charge in [0.1, 0.15) is 18.8 Å². The second kappa shape index (κ2) is 20.5. The fraction of sp³-hybridized carbons (Fsp3) is 0.289. The topological polar surface area (TPSA) is 143 Å². The van der Waals surface area contributed by atoms with Crippen LogP contribution in [0.25, 0.3) is 11.1 Å². The highest BCUT2D eigenvalue weighted by Crippen LogP contribution is 2.44. The number of carbonyl (C=O) groups is 4. The maximum absolute atomic E-state index is 13.7. The summed E-state index contributed by atoms with van der Waals surface area (Å²) in [6.07, 6.45) is 2.73. The SMILES string of the molecule is C=CCC[C@H](NC(=O)OCC1c2ccccc2-c2ccccc21)C(=O)O[C@@H](CNC(=O)[C@@H](CC=C)CC(=O)N[C@H](CO)Cc1ccccc1)c1ccccc1. The molecule has 4 aromatic rings. The number of hydrogen-bond donors (Lipinski definition) is 4. The lowest BCUT2D eigenvalue weighted by atomic mass is 9.98. The summed E-state index contributed by atoms with van der Waals surface area (Å²) in [6.45, 7) is 7.25. The standard InChI is InChI=1S/C45H49N3O7/c1-3-5-25-40(48-45(53)54-30-39-37-23-14-12-21-35(37)36-22-13-15-24-38(36)39)44(52)55-41(32-19-10-7-11-20-32)28-46-43(51)33(16-4-2)27-42(50)47-34(29-49)26-31-17-8-6-9-18-31/h3-4,6-15,17-24,33-34,39-41,49H,1-2,5,16,25-30H2,(H,46,51)(H,47,50)(H,48,53)/t33-,34-,40-,41-/m0/s1. The van der Waals surface area contributed by atoms with Gasteiger partial charge in [-0.2, -0.15) is 0 Å². The molecule has 3 amide bonds. The molecule has 5 rings (SSSR count). The molecule has 4 aromatic carbocycles. The number of amides is 3. The van der Waals surface area contributed by atoms with Crippen molar-refractivity contribution in [1.29, 1.82) is 0 Å². The molecule has 1 aliphatic rings. The van der Waals surface area contributed by atoms with E-state index < -0.39 is 42.1 Å². The Labute approximate surface area is 322 Å². The van der Waals surface area contributed by atoms with Gasteiger partial charge in [0.25, 0.3) is 0 Å². The molecular formula is C45H49N3O7. The van der Waals surface area contributed by atoms with Gasteiger partial charge in [0, 0.05) is 12.3 Å². The van der Waals surface area contributed by atoms with E-state index in [1.54, 1.807) is 36.4 Å². The summed E-state index contributed by atoms with van der Waals surface area (Å²) >= 11 is 0. The molecule has 0 fully saturated rings. The van der Waals surface area contributed by atoms with Crippen LogP contribution in [-0.4, -0.2) is 60.8 Å². The summed E-state index contributed by atoms with van der Waals surface area (Å²) < 4.78 is 11.7. The second-order valence-electron chi connectivity index (χ2n) is 13.5. The Morgan fingerprint density at radius 3 is 2.02 bits per heavy atom. The minimum Gasteiger partial charge on any atom is -0.454 e. The van der Waals surface area contributed by atoms with E-state index in [4.69, 9.17) is 9.47 Å². The van der Waals surface area contributed by atoms with Gasteiger partial charge in [-0.3, -0.25) is 9.59 Å². The number of alkyl carbamates (subject to hydrolysis) is 1. The van der Waals surface area contributed by atoms with E-state index in [9.17, 15) is 24.3 Å². The molecule has 10 heteroatoms. The average molecular weight is 744 g/mol. The normalized spacial score (nSPS) is 13.8. The van der Waals surface area contributed by atoms with E-state index in [0.29, 0.717) is 18.4 Å². The van der Waals surface area contributed by atoms with Crippen LogP contribution in [0.5, 0.6) is 0 Å². The molecule has 0 aromatic heterocycles. The third-order valence-corrected chi connectivity index (χ3v) is 9.64. The van der Waals surface area contributed by atoms with E-state index in [-0.39, 0.29) is 50.8 Å². The van der Waals surface area contributed by atoms with Crippen molar-refractivity contribution in [2.24, 2.45) is 5.92 Å². The van der Waals surface area contributed by atoms with Crippen molar-refractivity contribution in [2.75, 3.05) is 19.8 Å². The van der Waals surface area contributed by atoms with Crippen LogP contribution in [-0.2, 0) is 30.3 Å². The number of benzene rings is 4. The molecule has 0 saturated carbocycles. The number of fused-ring (bicyclic) bond motifs is 3. The molecule has 1 aliphatic carbocycles. The van der Waals surface area contributed by atoms with Crippen molar-refractivity contribution in [3.8, 4) is 11.1 Å². The first-order valence-electron chi connectivity index (χ1n) is 18.6. The summed E-state index contributed by atoms with van der Waals surface area (Å²) in [5.74, 6) is -2.41. The number of aliphatic hydroxyl groups is 1. The second-order valence-corrected chi connectivity index (χ2v) is 13.5. The third-order valence-electron chi connectivity index (χ3n) is 9.64. The molecule has 0 aliphatic heterocycles. The highest BCUT2D eigenvalue weighted by molar-refractivity contribution is 5.86. The molecule has 0 radical (unpaired) electrons. The van der Waals surface area contributed by atoms with Gasteiger partial charge in [0.15, 0.2) is 0 Å². The smallest absolute Gasteiger partial charge is 0.407 e. The van der Waals surface area contributed by atoms with E-state index in [1.807, 2.05) is 72.8 Å². The van der Waals surface area contributed by atoms with E-state index in [1.165, 1.54) is 0 Å². The molecular weight excluding hydrogens is 695 g/mol. The number of rotatable bonds is 20. The highest BCUT2D eigenvalue weighted by Gasteiger charge is 2.31. The van der Waals surface area contributed by atoms with Crippen LogP contribution in [0.15, 0.2) is 135 Å². The Bertz CT molecular complexity index is 1870. The third kappa shape index (κ3) is 11.3. The van der Waals surface area contributed by atoms with Crippen LogP contribution in [0.4, 0.5) is 4.79 Å². The summed E-state index contributed by atoms with van der Waals surface area (Å²) in [6, 6.07) is 32.9. The van der Waals surface area contributed by atoms with Crippen LogP contribution in [0.1, 0.15) is 60.0 Å². The fourth-order valence-electron chi connectivity index (χ4n) is 6.83. The summed E-state index contributed by atoms with van der Waals surface area (Å²) in [7, 11) is 0. The minimum atomic E-state index is -1.05. The van der Waals surface area contributed by atoms with Gasteiger partial charge in [-0.25, -0.2) is 9.59 Å². The summed E-state index contributed by atoms with van der Waals surface area (Å²) in [4.78, 5) is 53.4. The van der Waals surface area contributed by atoms with Gasteiger partial charge in [0.05, 0.1) is 25.1 Å². The average Bonchev–Trinajstić information content (AvgIpc) is 3.53. The Balaban J connectivity index is 1.20. The first-order valence-corrected chi connectivity index (χ1v) is 18.6. The monoisotopic (exact) mass is 743 g/mol. The molecule has 286 valence electrons. The first-order chi connectivity index (χ1) is 26.8. The molecule has 10 nitrogen and oxygen atoms in total. The Hall–Kier alpha value is -6.00. The van der Waals surface area contributed by atoms with Crippen LogP contribution in [0, 0.1) is 5.92 Å². The van der Waals surface area contributed by atoms with Gasteiger partial charge in [-0.05, 0) is 59.1 Å². The van der Waals surface area contributed by atoms with Gasteiger partial charge in [-0.15, -0.1) is 13.2 Å². The largest absolute Gasteiger partial charge is 0.454 e. The van der Waals surface area contributed by atoms with E-state index in [0.717, 1.165) is 27.8 Å². The van der Waals surface area contributed by atoms with E-state index in [2.05, 4.69) is 41.2 Å². The number of esters is 1. The molecule has 0 saturated heterocycles. The van der Waals surface area contributed by atoms with Gasteiger partial charge in [-0.1, -0.05) is 121 Å². The van der Waals surface area contributed by atoms with Crippen molar-refractivity contribution in [2.45, 2.75) is 56.2 Å². The zero-order chi connectivity index (χ0) is 39.0. The Morgan fingerprint density at radius 1 is 0.782 bits per heavy atom. The maximum atomic E-state index is 13.7. The number of hydrogen-bond acceptors (Lipinski definition) is 7. The van der Waals surface area contributed by atoms with E-state index >= 15 is 0 Å². The molecule has 0 spiro atoms. The number of aliphatic hydroxyl groups excluding tert-OH is 1. The molecule has 4 N–H and O–H groups in total. The minimum absolute atomic E-state index is 0.0827. The summed E-state index contributed by atoms with van der Waals surface area (Å²) in [5, 5.41) is 18.3. The van der Waals surface area contributed by atoms with Crippen LogP contribution in [0.2, 0.25) is 0 Å². The van der Waals surface area contributed by atoms with Crippen molar-refractivity contribution in [3.63, 3.8) is 0 Å². The molecule has 0 bridgehead atoms. The Kier molecular flexibility index (Phi) is 14.9. The van der Waals surface area contributed by atoms with Crippen molar-refractivity contribution in [3.05, 3.63) is 157 Å². The van der Waals surface area contributed by atoms with Crippen LogP contribution < -0.4 is 16.0 Å². The number of allylic oxidation sites excluding steroid dienone is 2. The quantitative estimate of drug-likeness (QED) is 0.0593. The predicted molar refractivity (Wildman–Crippen MR) is 212 cm³/mol. The van der Waals surface area contributed by atoms with Crippen molar-refractivity contribution in [1.82, 2.24) is 16.0 Å². The van der Waals surface area contributed by atoms with Gasteiger partial charge in [0.2, 0.25) is 11.8 Å². The first kappa shape index (κ1) is 40.2. The zero-order valence-electron chi connectivity index (χ0n) is 30.9. The molecule has 55 heavy (non-hydrogen) atoms. The Morgan fingerprint density at radius 2 is 1.40 bits per heavy atom. The summed E-state index contributed by atoms with van der Waals surface area (Å²) in [5.41, 5.74) is 5.94. The fourth-order valence-corrected chi connectivity index (χ4v) is 6.83. The lowest BCUT2D eigenvalue weighted by Crippen LogP contribution is -2.44. The zero-order valence-corrected chi connectivity index (χ0v) is 30.9. The number of nitrogens with one attached hydrogen (secondary N) is 3. The van der Waals surface area contributed by atoms with Crippen LogP contribution >= 0.6 is 0 Å². The maximum Gasteiger partial charge on any atom is 0.407 e.